The number of aromatic nitrogens is 6. The molecule has 0 aliphatic carbocycles. The summed E-state index contributed by atoms with van der Waals surface area (Å²) in [4.78, 5) is 12.5. The minimum Gasteiger partial charge on any atom is -0.281 e. The first-order valence-electron chi connectivity index (χ1n) is 9.30. The van der Waals surface area contributed by atoms with E-state index >= 15 is 0 Å². The molecule has 3 aromatic rings. The summed E-state index contributed by atoms with van der Waals surface area (Å²) in [5.41, 5.74) is 2.56. The molecule has 29 heavy (non-hydrogen) atoms. The molecule has 1 aliphatic heterocycles. The smallest absolute Gasteiger partial charge is 0.266 e. The van der Waals surface area contributed by atoms with Crippen molar-refractivity contribution >= 4 is 10.0 Å². The zero-order valence-electron chi connectivity index (χ0n) is 16.7. The first kappa shape index (κ1) is 19.5. The van der Waals surface area contributed by atoms with Crippen molar-refractivity contribution in [3.05, 3.63) is 51.3 Å². The maximum Gasteiger partial charge on any atom is 0.266 e. The summed E-state index contributed by atoms with van der Waals surface area (Å²) in [6.45, 7) is 8.20. The first-order valence-corrected chi connectivity index (χ1v) is 10.7. The Labute approximate surface area is 168 Å². The zero-order valence-corrected chi connectivity index (χ0v) is 17.6. The Hall–Kier alpha value is -2.79. The number of H-pyrrole nitrogens is 1. The third-order valence-electron chi connectivity index (χ3n) is 5.09. The summed E-state index contributed by atoms with van der Waals surface area (Å²) in [5, 5.41) is 15.5. The second-order valence-corrected chi connectivity index (χ2v) is 9.38. The van der Waals surface area contributed by atoms with Gasteiger partial charge < -0.3 is 0 Å². The molecule has 0 amide bonds. The van der Waals surface area contributed by atoms with Gasteiger partial charge in [0.25, 0.3) is 5.56 Å². The fourth-order valence-corrected chi connectivity index (χ4v) is 5.60. The lowest BCUT2D eigenvalue weighted by Gasteiger charge is -2.38. The largest absolute Gasteiger partial charge is 0.281 e. The summed E-state index contributed by atoms with van der Waals surface area (Å²) < 4.78 is 30.1. The molecule has 1 saturated heterocycles. The van der Waals surface area contributed by atoms with Crippen LogP contribution in [0.4, 0.5) is 0 Å². The minimum absolute atomic E-state index is 0.0122. The van der Waals surface area contributed by atoms with Gasteiger partial charge in [-0.25, -0.2) is 17.8 Å². The Bertz CT molecular complexity index is 1210. The van der Waals surface area contributed by atoms with Crippen molar-refractivity contribution in [2.75, 3.05) is 13.1 Å². The number of aryl methyl sites for hydroxylation is 4. The molecule has 154 valence electrons. The summed E-state index contributed by atoms with van der Waals surface area (Å²) in [5.74, 6) is 0.571. The number of aromatic amines is 1. The van der Waals surface area contributed by atoms with Crippen molar-refractivity contribution in [3.63, 3.8) is 0 Å². The van der Waals surface area contributed by atoms with Gasteiger partial charge in [0.05, 0.1) is 23.6 Å². The molecule has 1 aliphatic rings. The van der Waals surface area contributed by atoms with Crippen LogP contribution < -0.4 is 5.56 Å². The molecule has 4 heterocycles. The van der Waals surface area contributed by atoms with Gasteiger partial charge in [0.15, 0.2) is 5.82 Å². The number of hydrogen-bond acceptors (Lipinski definition) is 6. The minimum atomic E-state index is -3.59. The number of rotatable bonds is 5. The third kappa shape index (κ3) is 3.40. The van der Waals surface area contributed by atoms with E-state index in [0.717, 1.165) is 11.4 Å². The van der Waals surface area contributed by atoms with Gasteiger partial charge in [-0.15, -0.1) is 5.10 Å². The van der Waals surface area contributed by atoms with E-state index < -0.39 is 10.0 Å². The average Bonchev–Trinajstić information content (AvgIpc) is 3.13. The van der Waals surface area contributed by atoms with Crippen molar-refractivity contribution in [2.45, 2.75) is 39.1 Å². The van der Waals surface area contributed by atoms with Crippen LogP contribution in [0.15, 0.2) is 27.9 Å². The molecule has 1 N–H and O–H groups in total. The van der Waals surface area contributed by atoms with Crippen molar-refractivity contribution in [2.24, 2.45) is 5.92 Å². The van der Waals surface area contributed by atoms with E-state index in [4.69, 9.17) is 0 Å². The molecule has 0 unspecified atom stereocenters. The highest BCUT2D eigenvalue weighted by Gasteiger charge is 2.39. The van der Waals surface area contributed by atoms with Crippen LogP contribution in [0.3, 0.4) is 0 Å². The van der Waals surface area contributed by atoms with E-state index in [9.17, 15) is 13.2 Å². The van der Waals surface area contributed by atoms with Gasteiger partial charge >= 0.3 is 0 Å². The van der Waals surface area contributed by atoms with Crippen LogP contribution in [0.5, 0.6) is 0 Å². The molecule has 4 rings (SSSR count). The average molecular weight is 417 g/mol. The molecule has 0 spiro atoms. The van der Waals surface area contributed by atoms with Crippen molar-refractivity contribution in [1.29, 1.82) is 0 Å². The lowest BCUT2D eigenvalue weighted by atomic mass is 10.0. The molecule has 0 bridgehead atoms. The highest BCUT2D eigenvalue weighted by atomic mass is 32.2. The molecule has 10 nitrogen and oxygen atoms in total. The SMILES string of the molecule is Cc1cc(C)n(-c2ccc(=O)n(CC3CN(S(=O)(=O)c4c(C)n[nH]c4C)C3)n2)n1. The first-order chi connectivity index (χ1) is 13.7. The van der Waals surface area contributed by atoms with Crippen LogP contribution in [0.25, 0.3) is 5.82 Å². The number of nitrogens with one attached hydrogen (secondary N) is 1. The highest BCUT2D eigenvalue weighted by Crippen LogP contribution is 2.28. The second kappa shape index (κ2) is 6.92. The van der Waals surface area contributed by atoms with Crippen molar-refractivity contribution in [1.82, 2.24) is 34.1 Å². The fraction of sp³-hybridized carbons (Fsp3) is 0.444. The summed E-state index contributed by atoms with van der Waals surface area (Å²) in [6, 6.07) is 5.04. The van der Waals surface area contributed by atoms with Gasteiger partial charge in [0.1, 0.15) is 4.90 Å². The van der Waals surface area contributed by atoms with Gasteiger partial charge in [-0.3, -0.25) is 9.89 Å². The van der Waals surface area contributed by atoms with Gasteiger partial charge in [0, 0.05) is 30.8 Å². The molecule has 11 heteroatoms. The normalized spacial score (nSPS) is 15.6. The number of sulfonamides is 1. The van der Waals surface area contributed by atoms with Crippen molar-refractivity contribution in [3.8, 4) is 5.82 Å². The Kier molecular flexibility index (Phi) is 4.66. The van der Waals surface area contributed by atoms with Crippen LogP contribution in [-0.2, 0) is 16.6 Å². The summed E-state index contributed by atoms with van der Waals surface area (Å²) >= 11 is 0. The fourth-order valence-electron chi connectivity index (χ4n) is 3.67. The molecule has 1 fully saturated rings. The monoisotopic (exact) mass is 417 g/mol. The molecule has 0 aromatic carbocycles. The Morgan fingerprint density at radius 2 is 1.86 bits per heavy atom. The van der Waals surface area contributed by atoms with Crippen LogP contribution in [0.2, 0.25) is 0 Å². The lowest BCUT2D eigenvalue weighted by molar-refractivity contribution is 0.172. The Balaban J connectivity index is 1.50. The quantitative estimate of drug-likeness (QED) is 0.653. The van der Waals surface area contributed by atoms with Gasteiger partial charge in [-0.1, -0.05) is 0 Å². The molecule has 0 radical (unpaired) electrons. The van der Waals surface area contributed by atoms with Crippen LogP contribution in [-0.4, -0.2) is 55.6 Å². The topological polar surface area (TPSA) is 119 Å². The maximum absolute atomic E-state index is 12.8. The van der Waals surface area contributed by atoms with E-state index in [-0.39, 0.29) is 16.4 Å². The zero-order chi connectivity index (χ0) is 20.9. The van der Waals surface area contributed by atoms with Crippen LogP contribution in [0.1, 0.15) is 22.8 Å². The Morgan fingerprint density at radius 3 is 2.45 bits per heavy atom. The summed E-state index contributed by atoms with van der Waals surface area (Å²) in [7, 11) is -3.59. The second-order valence-electron chi connectivity index (χ2n) is 7.50. The number of nitrogens with zero attached hydrogens (tertiary/aromatic N) is 6. The van der Waals surface area contributed by atoms with Gasteiger partial charge in [0.2, 0.25) is 10.0 Å². The third-order valence-corrected chi connectivity index (χ3v) is 7.19. The van der Waals surface area contributed by atoms with Crippen molar-refractivity contribution < 1.29 is 8.42 Å². The van der Waals surface area contributed by atoms with E-state index in [1.807, 2.05) is 19.9 Å². The van der Waals surface area contributed by atoms with Gasteiger partial charge in [-0.2, -0.15) is 14.5 Å². The van der Waals surface area contributed by atoms with Gasteiger partial charge in [-0.05, 0) is 39.8 Å². The van der Waals surface area contributed by atoms with E-state index in [1.165, 1.54) is 15.1 Å². The van der Waals surface area contributed by atoms with E-state index in [2.05, 4.69) is 20.4 Å². The molecular formula is C18H23N7O3S. The van der Waals surface area contributed by atoms with Crippen LogP contribution >= 0.6 is 0 Å². The van der Waals surface area contributed by atoms with E-state index in [1.54, 1.807) is 24.6 Å². The number of hydrogen-bond donors (Lipinski definition) is 1. The standard InChI is InChI=1S/C18H23N7O3S/c1-11-7-12(2)25(21-11)16-5-6-17(26)24(22-16)10-15-8-23(9-15)29(27,28)18-13(3)19-20-14(18)4/h5-7,15H,8-10H2,1-4H3,(H,19,20). The maximum atomic E-state index is 12.8. The highest BCUT2D eigenvalue weighted by molar-refractivity contribution is 7.89. The Morgan fingerprint density at radius 1 is 1.14 bits per heavy atom. The molecule has 0 atom stereocenters. The molecular weight excluding hydrogens is 394 g/mol. The van der Waals surface area contributed by atoms with E-state index in [0.29, 0.717) is 36.8 Å². The predicted molar refractivity (Wildman–Crippen MR) is 105 cm³/mol. The molecule has 3 aromatic heterocycles. The summed E-state index contributed by atoms with van der Waals surface area (Å²) in [6.07, 6.45) is 0. The predicted octanol–water partition coefficient (Wildman–Crippen LogP) is 0.706. The molecule has 0 saturated carbocycles. The lowest BCUT2D eigenvalue weighted by Crippen LogP contribution is -2.52. The van der Waals surface area contributed by atoms with Crippen LogP contribution in [0, 0.1) is 33.6 Å².